The third-order valence-electron chi connectivity index (χ3n) is 1.83. The molecule has 2 aromatic heterocycles. The Morgan fingerprint density at radius 1 is 1.20 bits per heavy atom. The molecular weight excluding hydrogens is 256 g/mol. The summed E-state index contributed by atoms with van der Waals surface area (Å²) >= 11 is 3.26. The molecule has 0 aromatic carbocycles. The molecular formula is C11H9BrN2O. The summed E-state index contributed by atoms with van der Waals surface area (Å²) in [5, 5.41) is 0. The molecule has 0 saturated carbocycles. The molecule has 2 aromatic rings. The van der Waals surface area contributed by atoms with E-state index in [0.717, 1.165) is 15.9 Å². The lowest BCUT2D eigenvalue weighted by atomic mass is 10.3. The van der Waals surface area contributed by atoms with Crippen molar-refractivity contribution >= 4 is 15.9 Å². The first-order valence-corrected chi connectivity index (χ1v) is 5.27. The van der Waals surface area contributed by atoms with Crippen LogP contribution in [0.15, 0.2) is 47.5 Å². The Bertz CT molecular complexity index is 416. The number of halogens is 1. The summed E-state index contributed by atoms with van der Waals surface area (Å²) in [6.45, 7) is 0.511. The van der Waals surface area contributed by atoms with E-state index in [1.807, 2.05) is 24.3 Å². The molecule has 4 heteroatoms. The van der Waals surface area contributed by atoms with Crippen molar-refractivity contribution in [1.29, 1.82) is 0 Å². The van der Waals surface area contributed by atoms with Gasteiger partial charge >= 0.3 is 0 Å². The number of pyridine rings is 2. The van der Waals surface area contributed by atoms with E-state index in [0.29, 0.717) is 6.61 Å². The van der Waals surface area contributed by atoms with Crippen LogP contribution in [0.5, 0.6) is 5.75 Å². The van der Waals surface area contributed by atoms with E-state index in [9.17, 15) is 0 Å². The lowest BCUT2D eigenvalue weighted by Gasteiger charge is -2.04. The average molecular weight is 265 g/mol. The Balaban J connectivity index is 1.96. The lowest BCUT2D eigenvalue weighted by Crippen LogP contribution is -1.95. The Kier molecular flexibility index (Phi) is 3.29. The summed E-state index contributed by atoms with van der Waals surface area (Å²) in [6, 6.07) is 7.57. The molecule has 0 unspecified atom stereocenters. The smallest absolute Gasteiger partial charge is 0.138 e. The molecule has 0 fully saturated rings. The van der Waals surface area contributed by atoms with Crippen LogP contribution in [-0.4, -0.2) is 9.97 Å². The molecule has 0 saturated heterocycles. The van der Waals surface area contributed by atoms with Gasteiger partial charge in [0.2, 0.25) is 0 Å². The van der Waals surface area contributed by atoms with Crippen molar-refractivity contribution in [3.8, 4) is 5.75 Å². The van der Waals surface area contributed by atoms with Gasteiger partial charge in [0, 0.05) is 18.0 Å². The normalized spacial score (nSPS) is 9.93. The first-order chi connectivity index (χ1) is 7.34. The molecule has 0 aliphatic carbocycles. The minimum atomic E-state index is 0.511. The summed E-state index contributed by atoms with van der Waals surface area (Å²) < 4.78 is 6.33. The fourth-order valence-corrected chi connectivity index (χ4v) is 1.33. The molecule has 0 amide bonds. The van der Waals surface area contributed by atoms with Crippen LogP contribution in [0.25, 0.3) is 0 Å². The molecule has 0 aliphatic heterocycles. The maximum atomic E-state index is 5.52. The van der Waals surface area contributed by atoms with Gasteiger partial charge in [-0.15, -0.1) is 0 Å². The van der Waals surface area contributed by atoms with E-state index in [4.69, 9.17) is 4.74 Å². The Morgan fingerprint density at radius 3 is 2.80 bits per heavy atom. The average Bonchev–Trinajstić information content (AvgIpc) is 2.30. The molecule has 2 rings (SSSR count). The van der Waals surface area contributed by atoms with Crippen LogP contribution in [0.4, 0.5) is 0 Å². The maximum Gasteiger partial charge on any atom is 0.138 e. The largest absolute Gasteiger partial charge is 0.487 e. The Morgan fingerprint density at radius 2 is 2.13 bits per heavy atom. The number of hydrogen-bond acceptors (Lipinski definition) is 3. The minimum Gasteiger partial charge on any atom is -0.487 e. The highest BCUT2D eigenvalue weighted by Gasteiger charge is 1.96. The highest BCUT2D eigenvalue weighted by atomic mass is 79.9. The fourth-order valence-electron chi connectivity index (χ4n) is 1.10. The molecule has 0 atom stereocenters. The van der Waals surface area contributed by atoms with Gasteiger partial charge in [0.15, 0.2) is 0 Å². The van der Waals surface area contributed by atoms with E-state index in [2.05, 4.69) is 25.9 Å². The van der Waals surface area contributed by atoms with E-state index < -0.39 is 0 Å². The summed E-state index contributed by atoms with van der Waals surface area (Å²) in [5.74, 6) is 0.752. The van der Waals surface area contributed by atoms with Crippen molar-refractivity contribution in [2.75, 3.05) is 0 Å². The van der Waals surface area contributed by atoms with Gasteiger partial charge in [0.05, 0.1) is 6.20 Å². The van der Waals surface area contributed by atoms with Gasteiger partial charge in [-0.25, -0.2) is 4.98 Å². The van der Waals surface area contributed by atoms with E-state index in [-0.39, 0.29) is 0 Å². The van der Waals surface area contributed by atoms with Gasteiger partial charge in [-0.3, -0.25) is 4.98 Å². The third-order valence-corrected chi connectivity index (χ3v) is 2.30. The molecule has 0 aliphatic rings. The van der Waals surface area contributed by atoms with Gasteiger partial charge in [-0.05, 0) is 34.1 Å². The quantitative estimate of drug-likeness (QED) is 0.800. The summed E-state index contributed by atoms with van der Waals surface area (Å²) in [7, 11) is 0. The fraction of sp³-hybridized carbons (Fsp3) is 0.0909. The third kappa shape index (κ3) is 3.02. The first-order valence-electron chi connectivity index (χ1n) is 4.48. The van der Waals surface area contributed by atoms with Crippen LogP contribution in [0.1, 0.15) is 5.56 Å². The Hall–Kier alpha value is -1.42. The molecule has 2 heterocycles. The number of aromatic nitrogens is 2. The van der Waals surface area contributed by atoms with Crippen LogP contribution in [0, 0.1) is 0 Å². The van der Waals surface area contributed by atoms with Gasteiger partial charge in [0.1, 0.15) is 17.0 Å². The monoisotopic (exact) mass is 264 g/mol. The summed E-state index contributed by atoms with van der Waals surface area (Å²) in [5.41, 5.74) is 1.04. The second-order valence-corrected chi connectivity index (χ2v) is 3.78. The highest BCUT2D eigenvalue weighted by molar-refractivity contribution is 9.10. The topological polar surface area (TPSA) is 35.0 Å². The predicted molar refractivity (Wildman–Crippen MR) is 60.5 cm³/mol. The SMILES string of the molecule is Brc1ccc(OCc2cccnc2)cn1. The van der Waals surface area contributed by atoms with Crippen LogP contribution in [0.3, 0.4) is 0 Å². The molecule has 76 valence electrons. The van der Waals surface area contributed by atoms with E-state index in [1.165, 1.54) is 0 Å². The van der Waals surface area contributed by atoms with Crippen molar-refractivity contribution in [2.45, 2.75) is 6.61 Å². The minimum absolute atomic E-state index is 0.511. The standard InChI is InChI=1S/C11H9BrN2O/c12-11-4-3-10(7-14-11)15-8-9-2-1-5-13-6-9/h1-7H,8H2. The number of hydrogen-bond donors (Lipinski definition) is 0. The zero-order valence-corrected chi connectivity index (χ0v) is 9.52. The molecule has 0 radical (unpaired) electrons. The van der Waals surface area contributed by atoms with Gasteiger partial charge < -0.3 is 4.74 Å². The number of nitrogens with zero attached hydrogens (tertiary/aromatic N) is 2. The lowest BCUT2D eigenvalue weighted by molar-refractivity contribution is 0.304. The molecule has 3 nitrogen and oxygen atoms in total. The molecule has 15 heavy (non-hydrogen) atoms. The van der Waals surface area contributed by atoms with Gasteiger partial charge in [-0.1, -0.05) is 6.07 Å². The number of rotatable bonds is 3. The molecule has 0 bridgehead atoms. The summed E-state index contributed by atoms with van der Waals surface area (Å²) in [4.78, 5) is 8.08. The van der Waals surface area contributed by atoms with Crippen molar-refractivity contribution < 1.29 is 4.74 Å². The van der Waals surface area contributed by atoms with E-state index >= 15 is 0 Å². The zero-order chi connectivity index (χ0) is 10.5. The van der Waals surface area contributed by atoms with Crippen molar-refractivity contribution in [3.05, 3.63) is 53.0 Å². The van der Waals surface area contributed by atoms with Crippen LogP contribution in [-0.2, 0) is 6.61 Å². The van der Waals surface area contributed by atoms with Crippen LogP contribution >= 0.6 is 15.9 Å². The molecule has 0 spiro atoms. The van der Waals surface area contributed by atoms with Crippen LogP contribution < -0.4 is 4.74 Å². The second kappa shape index (κ2) is 4.89. The first kappa shape index (κ1) is 10.1. The highest BCUT2D eigenvalue weighted by Crippen LogP contribution is 2.13. The van der Waals surface area contributed by atoms with Crippen LogP contribution in [0.2, 0.25) is 0 Å². The Labute approximate surface area is 96.3 Å². The molecule has 0 N–H and O–H groups in total. The van der Waals surface area contributed by atoms with Crippen molar-refractivity contribution in [2.24, 2.45) is 0 Å². The van der Waals surface area contributed by atoms with E-state index in [1.54, 1.807) is 18.6 Å². The number of ether oxygens (including phenoxy) is 1. The van der Waals surface area contributed by atoms with Gasteiger partial charge in [0.25, 0.3) is 0 Å². The van der Waals surface area contributed by atoms with Gasteiger partial charge in [-0.2, -0.15) is 0 Å². The zero-order valence-electron chi connectivity index (χ0n) is 7.93. The van der Waals surface area contributed by atoms with Crippen molar-refractivity contribution in [1.82, 2.24) is 9.97 Å². The summed E-state index contributed by atoms with van der Waals surface area (Å²) in [6.07, 6.45) is 5.21. The predicted octanol–water partition coefficient (Wildman–Crippen LogP) is 2.82. The second-order valence-electron chi connectivity index (χ2n) is 2.97. The maximum absolute atomic E-state index is 5.52. The van der Waals surface area contributed by atoms with Crippen molar-refractivity contribution in [3.63, 3.8) is 0 Å².